The van der Waals surface area contributed by atoms with Gasteiger partial charge in [-0.05, 0) is 29.0 Å². The molecule has 3 heterocycles. The van der Waals surface area contributed by atoms with Crippen LogP contribution in [0.4, 0.5) is 0 Å². The average Bonchev–Trinajstić information content (AvgIpc) is 2.83. The molecule has 6 aromatic rings. The van der Waals surface area contributed by atoms with Gasteiger partial charge in [-0.15, -0.1) is 0 Å². The SMILES string of the molecule is c1cnc(-c2c3ccccc3c(-c3ncccn3)c3c2cnc2ccccc23)nc1. The molecule has 0 aliphatic heterocycles. The first-order valence-electron chi connectivity index (χ1n) is 9.69. The summed E-state index contributed by atoms with van der Waals surface area (Å²) in [6.45, 7) is 0. The molecule has 0 radical (unpaired) electrons. The van der Waals surface area contributed by atoms with Crippen LogP contribution in [0, 0.1) is 0 Å². The van der Waals surface area contributed by atoms with Crippen LogP contribution in [-0.2, 0) is 0 Å². The van der Waals surface area contributed by atoms with Crippen LogP contribution in [0.15, 0.2) is 91.6 Å². The summed E-state index contributed by atoms with van der Waals surface area (Å²) in [5.41, 5.74) is 2.90. The highest BCUT2D eigenvalue weighted by molar-refractivity contribution is 6.26. The number of nitrogens with zero attached hydrogens (tertiary/aromatic N) is 5. The molecule has 5 heteroatoms. The van der Waals surface area contributed by atoms with Gasteiger partial charge in [-0.25, -0.2) is 19.9 Å². The number of hydrogen-bond acceptors (Lipinski definition) is 5. The highest BCUT2D eigenvalue weighted by Crippen LogP contribution is 2.43. The smallest absolute Gasteiger partial charge is 0.160 e. The Kier molecular flexibility index (Phi) is 3.71. The summed E-state index contributed by atoms with van der Waals surface area (Å²) in [7, 11) is 0. The summed E-state index contributed by atoms with van der Waals surface area (Å²) in [6.07, 6.45) is 9.01. The first-order chi connectivity index (χ1) is 14.9. The molecule has 5 nitrogen and oxygen atoms in total. The maximum Gasteiger partial charge on any atom is 0.160 e. The molecule has 3 aromatic heterocycles. The fourth-order valence-corrected chi connectivity index (χ4v) is 4.13. The van der Waals surface area contributed by atoms with Crippen LogP contribution in [0.25, 0.3) is 55.2 Å². The van der Waals surface area contributed by atoms with Gasteiger partial charge in [0.1, 0.15) is 0 Å². The lowest BCUT2D eigenvalue weighted by Crippen LogP contribution is -1.97. The molecule has 0 saturated heterocycles. The minimum Gasteiger partial charge on any atom is -0.256 e. The predicted octanol–water partition coefficient (Wildman–Crippen LogP) is 5.46. The second-order valence-corrected chi connectivity index (χ2v) is 7.00. The molecular weight excluding hydrogens is 370 g/mol. The van der Waals surface area contributed by atoms with E-state index < -0.39 is 0 Å². The molecule has 0 atom stereocenters. The Morgan fingerprint density at radius 3 is 1.63 bits per heavy atom. The van der Waals surface area contributed by atoms with Crippen molar-refractivity contribution in [2.75, 3.05) is 0 Å². The molecule has 0 saturated carbocycles. The fourth-order valence-electron chi connectivity index (χ4n) is 4.13. The van der Waals surface area contributed by atoms with Gasteiger partial charge in [0.05, 0.1) is 5.52 Å². The van der Waals surface area contributed by atoms with Gasteiger partial charge in [0.2, 0.25) is 0 Å². The van der Waals surface area contributed by atoms with Gasteiger partial charge < -0.3 is 0 Å². The third-order valence-corrected chi connectivity index (χ3v) is 5.34. The van der Waals surface area contributed by atoms with Crippen molar-refractivity contribution in [1.82, 2.24) is 24.9 Å². The fraction of sp³-hybridized carbons (Fsp3) is 0. The third kappa shape index (κ3) is 2.46. The predicted molar refractivity (Wildman–Crippen MR) is 119 cm³/mol. The zero-order valence-electron chi connectivity index (χ0n) is 15.9. The topological polar surface area (TPSA) is 64.5 Å². The largest absolute Gasteiger partial charge is 0.256 e. The van der Waals surface area contributed by atoms with Crippen LogP contribution in [-0.4, -0.2) is 24.9 Å². The molecule has 0 aliphatic carbocycles. The van der Waals surface area contributed by atoms with Crippen molar-refractivity contribution in [3.8, 4) is 22.8 Å². The molecule has 0 bridgehead atoms. The van der Waals surface area contributed by atoms with E-state index in [4.69, 9.17) is 4.98 Å². The van der Waals surface area contributed by atoms with E-state index in [0.29, 0.717) is 11.6 Å². The molecule has 0 fully saturated rings. The maximum atomic E-state index is 4.74. The lowest BCUT2D eigenvalue weighted by molar-refractivity contribution is 1.18. The maximum absolute atomic E-state index is 4.74. The number of rotatable bonds is 2. The van der Waals surface area contributed by atoms with Gasteiger partial charge in [0.15, 0.2) is 11.6 Å². The molecular formula is C25H15N5. The number of aromatic nitrogens is 5. The van der Waals surface area contributed by atoms with Crippen LogP contribution >= 0.6 is 0 Å². The summed E-state index contributed by atoms with van der Waals surface area (Å²) in [5.74, 6) is 1.37. The molecule has 0 unspecified atom stereocenters. The van der Waals surface area contributed by atoms with E-state index in [9.17, 15) is 0 Å². The highest BCUT2D eigenvalue weighted by Gasteiger charge is 2.21. The zero-order chi connectivity index (χ0) is 19.9. The second-order valence-electron chi connectivity index (χ2n) is 7.00. The van der Waals surface area contributed by atoms with Crippen molar-refractivity contribution >= 4 is 32.4 Å². The molecule has 0 amide bonds. The van der Waals surface area contributed by atoms with Crippen molar-refractivity contribution in [3.05, 3.63) is 91.6 Å². The summed E-state index contributed by atoms with van der Waals surface area (Å²) in [4.78, 5) is 23.1. The molecule has 0 N–H and O–H groups in total. The number of hydrogen-bond donors (Lipinski definition) is 0. The minimum absolute atomic E-state index is 0.677. The molecule has 0 spiro atoms. The van der Waals surface area contributed by atoms with Gasteiger partial charge in [-0.3, -0.25) is 4.98 Å². The quantitative estimate of drug-likeness (QED) is 0.293. The van der Waals surface area contributed by atoms with E-state index in [1.165, 1.54) is 0 Å². The van der Waals surface area contributed by atoms with Crippen molar-refractivity contribution in [2.24, 2.45) is 0 Å². The van der Waals surface area contributed by atoms with Gasteiger partial charge in [0.25, 0.3) is 0 Å². The van der Waals surface area contributed by atoms with E-state index in [2.05, 4.69) is 38.1 Å². The number of benzene rings is 3. The lowest BCUT2D eigenvalue weighted by Gasteiger charge is -2.16. The van der Waals surface area contributed by atoms with Gasteiger partial charge in [0, 0.05) is 58.3 Å². The van der Waals surface area contributed by atoms with E-state index in [1.807, 2.05) is 48.7 Å². The minimum atomic E-state index is 0.677. The summed E-state index contributed by atoms with van der Waals surface area (Å²) in [6, 6.07) is 20.1. The van der Waals surface area contributed by atoms with Crippen LogP contribution in [0.5, 0.6) is 0 Å². The van der Waals surface area contributed by atoms with E-state index >= 15 is 0 Å². The van der Waals surface area contributed by atoms with Gasteiger partial charge in [-0.1, -0.05) is 42.5 Å². The standard InChI is InChI=1S/C25H15N5/c1-2-8-17-16(7-1)22(24-26-11-5-12-27-24)19-15-30-20-10-4-3-9-18(20)21(19)23(17)25-28-13-6-14-29-25/h1-15H. The Hall–Kier alpha value is -4.25. The number of para-hydroxylation sites is 1. The van der Waals surface area contributed by atoms with Crippen LogP contribution in [0.1, 0.15) is 0 Å². The monoisotopic (exact) mass is 385 g/mol. The van der Waals surface area contributed by atoms with Gasteiger partial charge >= 0.3 is 0 Å². The number of fused-ring (bicyclic) bond motifs is 4. The van der Waals surface area contributed by atoms with E-state index in [1.54, 1.807) is 24.8 Å². The second kappa shape index (κ2) is 6.67. The first-order valence-corrected chi connectivity index (χ1v) is 9.69. The first kappa shape index (κ1) is 16.7. The van der Waals surface area contributed by atoms with Crippen LogP contribution in [0.2, 0.25) is 0 Å². The molecule has 30 heavy (non-hydrogen) atoms. The van der Waals surface area contributed by atoms with Crippen molar-refractivity contribution in [2.45, 2.75) is 0 Å². The summed E-state index contributed by atoms with van der Waals surface area (Å²) >= 11 is 0. The van der Waals surface area contributed by atoms with Crippen molar-refractivity contribution in [1.29, 1.82) is 0 Å². The van der Waals surface area contributed by atoms with Crippen molar-refractivity contribution < 1.29 is 0 Å². The average molecular weight is 385 g/mol. The van der Waals surface area contributed by atoms with Crippen LogP contribution in [0.3, 0.4) is 0 Å². The molecule has 140 valence electrons. The van der Waals surface area contributed by atoms with E-state index in [-0.39, 0.29) is 0 Å². The van der Waals surface area contributed by atoms with Crippen LogP contribution < -0.4 is 0 Å². The normalized spacial score (nSPS) is 11.3. The summed E-state index contributed by atoms with van der Waals surface area (Å²) < 4.78 is 0. The Labute approximate surface area is 172 Å². The highest BCUT2D eigenvalue weighted by atomic mass is 14.9. The Morgan fingerprint density at radius 2 is 0.967 bits per heavy atom. The third-order valence-electron chi connectivity index (χ3n) is 5.34. The molecule has 0 aliphatic rings. The zero-order valence-corrected chi connectivity index (χ0v) is 15.9. The molecule has 6 rings (SSSR count). The lowest BCUT2D eigenvalue weighted by atomic mass is 9.90. The molecule has 3 aromatic carbocycles. The summed E-state index contributed by atoms with van der Waals surface area (Å²) in [5, 5.41) is 5.22. The Morgan fingerprint density at radius 1 is 0.433 bits per heavy atom. The van der Waals surface area contributed by atoms with Gasteiger partial charge in [-0.2, -0.15) is 0 Å². The Bertz CT molecular complexity index is 1530. The Balaban J connectivity index is 1.93. The van der Waals surface area contributed by atoms with Crippen molar-refractivity contribution in [3.63, 3.8) is 0 Å². The van der Waals surface area contributed by atoms with E-state index in [0.717, 1.165) is 43.6 Å². The number of pyridine rings is 1.